The lowest BCUT2D eigenvalue weighted by molar-refractivity contribution is -0.118. The Kier molecular flexibility index (Phi) is 6.62. The molecule has 0 saturated heterocycles. The van der Waals surface area contributed by atoms with Gasteiger partial charge in [0.05, 0.1) is 18.0 Å². The highest BCUT2D eigenvalue weighted by atomic mass is 35.5. The fourth-order valence-corrected chi connectivity index (χ4v) is 3.28. The summed E-state index contributed by atoms with van der Waals surface area (Å²) in [5.41, 5.74) is 1.72. The van der Waals surface area contributed by atoms with Gasteiger partial charge in [0.15, 0.2) is 11.0 Å². The summed E-state index contributed by atoms with van der Waals surface area (Å²) in [5.74, 6) is 0.859. The Morgan fingerprint density at radius 1 is 1.22 bits per heavy atom. The highest BCUT2D eigenvalue weighted by molar-refractivity contribution is 7.99. The number of aromatic nitrogens is 4. The number of pyridine rings is 1. The van der Waals surface area contributed by atoms with Crippen molar-refractivity contribution in [2.24, 2.45) is 0 Å². The number of benzene rings is 1. The zero-order chi connectivity index (χ0) is 19.1. The van der Waals surface area contributed by atoms with E-state index < -0.39 is 0 Å². The van der Waals surface area contributed by atoms with Crippen LogP contribution in [-0.4, -0.2) is 31.4 Å². The first-order valence-electron chi connectivity index (χ1n) is 8.27. The van der Waals surface area contributed by atoms with Gasteiger partial charge in [-0.1, -0.05) is 35.5 Å². The van der Waals surface area contributed by atoms with Crippen LogP contribution in [-0.2, 0) is 17.9 Å². The molecule has 3 aromatic rings. The molecule has 1 aromatic carbocycles. The number of amides is 1. The second-order valence-electron chi connectivity index (χ2n) is 5.60. The Hall–Kier alpha value is -2.64. The third-order valence-corrected chi connectivity index (χ3v) is 4.87. The van der Waals surface area contributed by atoms with Gasteiger partial charge in [-0.15, -0.1) is 16.8 Å². The van der Waals surface area contributed by atoms with E-state index in [1.54, 1.807) is 12.3 Å². The molecule has 0 bridgehead atoms. The minimum absolute atomic E-state index is 0.0909. The van der Waals surface area contributed by atoms with Gasteiger partial charge in [-0.3, -0.25) is 14.3 Å². The molecule has 0 saturated carbocycles. The highest BCUT2D eigenvalue weighted by Gasteiger charge is 2.15. The number of hydrogen-bond acceptors (Lipinski definition) is 5. The molecule has 138 valence electrons. The molecule has 0 aliphatic carbocycles. The Bertz CT molecular complexity index is 912. The summed E-state index contributed by atoms with van der Waals surface area (Å²) in [6.45, 7) is 4.73. The molecule has 2 heterocycles. The first-order chi connectivity index (χ1) is 13.2. The topological polar surface area (TPSA) is 72.7 Å². The molecule has 1 N–H and O–H groups in total. The monoisotopic (exact) mass is 399 g/mol. The van der Waals surface area contributed by atoms with Gasteiger partial charge in [0.1, 0.15) is 0 Å². The van der Waals surface area contributed by atoms with Crippen molar-refractivity contribution < 1.29 is 4.79 Å². The number of allylic oxidation sites excluding steroid dienone is 1. The van der Waals surface area contributed by atoms with Gasteiger partial charge in [-0.2, -0.15) is 0 Å². The SMILES string of the molecule is C=CCn1c(SCC(=O)NCc2ccccn2)nnc1-c1ccc(Cl)cc1. The molecule has 0 radical (unpaired) electrons. The van der Waals surface area contributed by atoms with E-state index in [0.29, 0.717) is 29.1 Å². The molecular formula is C19H18ClN5OS. The summed E-state index contributed by atoms with van der Waals surface area (Å²) in [7, 11) is 0. The molecule has 27 heavy (non-hydrogen) atoms. The van der Waals surface area contributed by atoms with Gasteiger partial charge in [0.25, 0.3) is 0 Å². The van der Waals surface area contributed by atoms with Gasteiger partial charge in [0.2, 0.25) is 5.91 Å². The van der Waals surface area contributed by atoms with Gasteiger partial charge in [-0.25, -0.2) is 0 Å². The zero-order valence-electron chi connectivity index (χ0n) is 14.5. The van der Waals surface area contributed by atoms with Crippen molar-refractivity contribution in [3.63, 3.8) is 0 Å². The van der Waals surface area contributed by atoms with Crippen molar-refractivity contribution in [2.45, 2.75) is 18.2 Å². The van der Waals surface area contributed by atoms with Crippen LogP contribution in [0.4, 0.5) is 0 Å². The maximum Gasteiger partial charge on any atom is 0.230 e. The number of nitrogens with zero attached hydrogens (tertiary/aromatic N) is 4. The van der Waals surface area contributed by atoms with Crippen LogP contribution < -0.4 is 5.32 Å². The molecule has 0 atom stereocenters. The molecule has 3 rings (SSSR count). The minimum atomic E-state index is -0.0909. The fraction of sp³-hybridized carbons (Fsp3) is 0.158. The lowest BCUT2D eigenvalue weighted by Crippen LogP contribution is -2.25. The molecule has 0 unspecified atom stereocenters. The predicted molar refractivity (Wildman–Crippen MR) is 107 cm³/mol. The predicted octanol–water partition coefficient (Wildman–Crippen LogP) is 3.59. The number of carbonyl (C=O) groups is 1. The van der Waals surface area contributed by atoms with Crippen molar-refractivity contribution in [3.8, 4) is 11.4 Å². The maximum atomic E-state index is 12.1. The summed E-state index contributed by atoms with van der Waals surface area (Å²) in [6.07, 6.45) is 3.47. The molecular weight excluding hydrogens is 382 g/mol. The van der Waals surface area contributed by atoms with Gasteiger partial charge < -0.3 is 5.32 Å². The van der Waals surface area contributed by atoms with Crippen LogP contribution in [0, 0.1) is 0 Å². The minimum Gasteiger partial charge on any atom is -0.350 e. The standard InChI is InChI=1S/C19H18ClN5OS/c1-2-11-25-18(14-6-8-15(20)9-7-14)23-24-19(25)27-13-17(26)22-12-16-5-3-4-10-21-16/h2-10H,1,11-13H2,(H,22,26). The molecule has 0 aliphatic rings. The second kappa shape index (κ2) is 9.34. The molecule has 0 aliphatic heterocycles. The number of nitrogens with one attached hydrogen (secondary N) is 1. The Morgan fingerprint density at radius 2 is 2.04 bits per heavy atom. The zero-order valence-corrected chi connectivity index (χ0v) is 16.1. The number of carbonyl (C=O) groups excluding carboxylic acids is 1. The van der Waals surface area contributed by atoms with Crippen molar-refractivity contribution in [2.75, 3.05) is 5.75 Å². The normalized spacial score (nSPS) is 10.6. The van der Waals surface area contributed by atoms with Crippen LogP contribution in [0.25, 0.3) is 11.4 Å². The Balaban J connectivity index is 1.65. The van der Waals surface area contributed by atoms with Crippen LogP contribution in [0.5, 0.6) is 0 Å². The van der Waals surface area contributed by atoms with E-state index in [9.17, 15) is 4.79 Å². The Morgan fingerprint density at radius 3 is 2.74 bits per heavy atom. The number of thioether (sulfide) groups is 1. The first kappa shape index (κ1) is 19.1. The van der Waals surface area contributed by atoms with Crippen LogP contribution in [0.2, 0.25) is 5.02 Å². The molecule has 1 amide bonds. The smallest absolute Gasteiger partial charge is 0.230 e. The number of halogens is 1. The average Bonchev–Trinajstić information content (AvgIpc) is 3.09. The summed E-state index contributed by atoms with van der Waals surface area (Å²) in [6, 6.07) is 13.0. The van der Waals surface area contributed by atoms with E-state index in [1.807, 2.05) is 47.0 Å². The molecule has 2 aromatic heterocycles. The highest BCUT2D eigenvalue weighted by Crippen LogP contribution is 2.25. The lowest BCUT2D eigenvalue weighted by Gasteiger charge is -2.08. The average molecular weight is 400 g/mol. The van der Waals surface area contributed by atoms with Crippen molar-refractivity contribution >= 4 is 29.3 Å². The summed E-state index contributed by atoms with van der Waals surface area (Å²) in [5, 5.41) is 12.7. The van der Waals surface area contributed by atoms with Gasteiger partial charge in [-0.05, 0) is 36.4 Å². The summed E-state index contributed by atoms with van der Waals surface area (Å²) >= 11 is 7.28. The largest absolute Gasteiger partial charge is 0.350 e. The third-order valence-electron chi connectivity index (χ3n) is 3.66. The first-order valence-corrected chi connectivity index (χ1v) is 9.63. The number of hydrogen-bond donors (Lipinski definition) is 1. The van der Waals surface area contributed by atoms with Crippen LogP contribution in [0.15, 0.2) is 66.5 Å². The van der Waals surface area contributed by atoms with E-state index in [4.69, 9.17) is 11.6 Å². The van der Waals surface area contributed by atoms with Crippen LogP contribution in [0.3, 0.4) is 0 Å². The van der Waals surface area contributed by atoms with E-state index in [0.717, 1.165) is 11.3 Å². The lowest BCUT2D eigenvalue weighted by atomic mass is 10.2. The van der Waals surface area contributed by atoms with Gasteiger partial charge in [0, 0.05) is 23.3 Å². The fourth-order valence-electron chi connectivity index (χ4n) is 2.37. The van der Waals surface area contributed by atoms with Crippen molar-refractivity contribution in [3.05, 3.63) is 72.0 Å². The van der Waals surface area contributed by atoms with Crippen LogP contribution in [0.1, 0.15) is 5.69 Å². The number of rotatable bonds is 8. The molecule has 8 heteroatoms. The second-order valence-corrected chi connectivity index (χ2v) is 6.98. The van der Waals surface area contributed by atoms with E-state index in [1.165, 1.54) is 11.8 Å². The third kappa shape index (κ3) is 5.18. The Labute approximate surface area is 166 Å². The summed E-state index contributed by atoms with van der Waals surface area (Å²) < 4.78 is 1.92. The molecule has 0 fully saturated rings. The summed E-state index contributed by atoms with van der Waals surface area (Å²) in [4.78, 5) is 16.3. The van der Waals surface area contributed by atoms with E-state index in [2.05, 4.69) is 27.1 Å². The van der Waals surface area contributed by atoms with Crippen LogP contribution >= 0.6 is 23.4 Å². The van der Waals surface area contributed by atoms with Gasteiger partial charge >= 0.3 is 0 Å². The molecule has 6 nitrogen and oxygen atoms in total. The molecule has 0 spiro atoms. The quantitative estimate of drug-likeness (QED) is 0.463. The van der Waals surface area contributed by atoms with Crippen molar-refractivity contribution in [1.29, 1.82) is 0 Å². The van der Waals surface area contributed by atoms with E-state index >= 15 is 0 Å². The van der Waals surface area contributed by atoms with Crippen molar-refractivity contribution in [1.82, 2.24) is 25.1 Å². The van der Waals surface area contributed by atoms with E-state index in [-0.39, 0.29) is 11.7 Å². The maximum absolute atomic E-state index is 12.1.